The van der Waals surface area contributed by atoms with E-state index in [1.165, 1.54) is 6.07 Å². The Balaban J connectivity index is 2.63. The number of halogens is 1. The molecule has 0 bridgehead atoms. The Morgan fingerprint density at radius 1 is 1.46 bits per heavy atom. The highest BCUT2D eigenvalue weighted by Gasteiger charge is 2.24. The molecule has 0 N–H and O–H groups in total. The molecular weight excluding hydrogens is 167 g/mol. The summed E-state index contributed by atoms with van der Waals surface area (Å²) in [5.41, 5.74) is 1.19. The largest absolute Gasteiger partial charge is 0.294 e. The third kappa shape index (κ3) is 1.26. The highest BCUT2D eigenvalue weighted by molar-refractivity contribution is 5.98. The van der Waals surface area contributed by atoms with Gasteiger partial charge in [0.2, 0.25) is 0 Å². The molecule has 0 saturated heterocycles. The van der Waals surface area contributed by atoms with E-state index >= 15 is 0 Å². The lowest BCUT2D eigenvalue weighted by molar-refractivity contribution is 0.0966. The molecule has 0 spiro atoms. The molecule has 0 heterocycles. The van der Waals surface area contributed by atoms with Crippen LogP contribution in [0.15, 0.2) is 18.2 Å². The van der Waals surface area contributed by atoms with Gasteiger partial charge in [-0.15, -0.1) is 0 Å². The van der Waals surface area contributed by atoms with Crippen LogP contribution in [0.5, 0.6) is 0 Å². The van der Waals surface area contributed by atoms with Gasteiger partial charge in [-0.25, -0.2) is 4.39 Å². The number of hydrogen-bond donors (Lipinski definition) is 0. The second kappa shape index (κ2) is 2.95. The molecule has 68 valence electrons. The van der Waals surface area contributed by atoms with Gasteiger partial charge in [0, 0.05) is 17.5 Å². The summed E-state index contributed by atoms with van der Waals surface area (Å²) in [5.74, 6) is 0.0135. The van der Waals surface area contributed by atoms with Gasteiger partial charge in [-0.05, 0) is 18.4 Å². The zero-order chi connectivity index (χ0) is 9.42. The van der Waals surface area contributed by atoms with Crippen LogP contribution in [0.4, 0.5) is 4.39 Å². The van der Waals surface area contributed by atoms with Crippen LogP contribution in [0.2, 0.25) is 0 Å². The van der Waals surface area contributed by atoms with Gasteiger partial charge in [-0.3, -0.25) is 4.79 Å². The molecular formula is C11H11FO. The Bertz CT molecular complexity index is 357. The summed E-state index contributed by atoms with van der Waals surface area (Å²) < 4.78 is 13.3. The van der Waals surface area contributed by atoms with E-state index in [4.69, 9.17) is 0 Å². The first-order chi connectivity index (χ1) is 6.20. The minimum absolute atomic E-state index is 0.0765. The van der Waals surface area contributed by atoms with Crippen molar-refractivity contribution in [3.8, 4) is 0 Å². The molecule has 0 saturated carbocycles. The van der Waals surface area contributed by atoms with Gasteiger partial charge < -0.3 is 0 Å². The first-order valence-corrected chi connectivity index (χ1v) is 4.51. The molecule has 1 atom stereocenters. The van der Waals surface area contributed by atoms with Crippen molar-refractivity contribution in [1.82, 2.24) is 0 Å². The predicted octanol–water partition coefficient (Wildman–Crippen LogP) is 2.91. The van der Waals surface area contributed by atoms with Crippen molar-refractivity contribution in [1.29, 1.82) is 0 Å². The molecule has 2 rings (SSSR count). The van der Waals surface area contributed by atoms with Crippen LogP contribution in [-0.2, 0) is 0 Å². The Labute approximate surface area is 76.6 Å². The Morgan fingerprint density at radius 3 is 2.92 bits per heavy atom. The fourth-order valence-electron chi connectivity index (χ4n) is 1.91. The first-order valence-electron chi connectivity index (χ1n) is 4.51. The van der Waals surface area contributed by atoms with Gasteiger partial charge in [-0.1, -0.05) is 19.1 Å². The zero-order valence-corrected chi connectivity index (χ0v) is 7.51. The van der Waals surface area contributed by atoms with Crippen molar-refractivity contribution < 1.29 is 9.18 Å². The smallest absolute Gasteiger partial charge is 0.163 e. The summed E-state index contributed by atoms with van der Waals surface area (Å²) in [6.45, 7) is 1.97. The minimum Gasteiger partial charge on any atom is -0.294 e. The van der Waals surface area contributed by atoms with E-state index in [1.54, 1.807) is 12.1 Å². The molecule has 1 nitrogen and oxygen atoms in total. The van der Waals surface area contributed by atoms with Gasteiger partial charge in [0.05, 0.1) is 0 Å². The minimum atomic E-state index is -0.238. The fraction of sp³-hybridized carbons (Fsp3) is 0.364. The van der Waals surface area contributed by atoms with Crippen molar-refractivity contribution in [2.24, 2.45) is 0 Å². The second-order valence-electron chi connectivity index (χ2n) is 3.56. The van der Waals surface area contributed by atoms with E-state index in [2.05, 4.69) is 0 Å². The first kappa shape index (κ1) is 8.42. The van der Waals surface area contributed by atoms with Gasteiger partial charge in [0.15, 0.2) is 5.78 Å². The van der Waals surface area contributed by atoms with Crippen LogP contribution >= 0.6 is 0 Å². The molecule has 0 aliphatic heterocycles. The normalized spacial score (nSPS) is 21.4. The van der Waals surface area contributed by atoms with Crippen molar-refractivity contribution in [3.05, 3.63) is 35.1 Å². The number of hydrogen-bond acceptors (Lipinski definition) is 1. The van der Waals surface area contributed by atoms with E-state index in [9.17, 15) is 9.18 Å². The molecule has 0 amide bonds. The maximum atomic E-state index is 13.3. The second-order valence-corrected chi connectivity index (χ2v) is 3.56. The number of carbonyl (C=O) groups excluding carboxylic acids is 1. The Morgan fingerprint density at radius 2 is 2.23 bits per heavy atom. The van der Waals surface area contributed by atoms with Crippen LogP contribution < -0.4 is 0 Å². The Hall–Kier alpha value is -1.18. The third-order valence-electron chi connectivity index (χ3n) is 2.65. The van der Waals surface area contributed by atoms with Crippen molar-refractivity contribution in [3.63, 3.8) is 0 Å². The number of rotatable bonds is 0. The summed E-state index contributed by atoms with van der Waals surface area (Å²) >= 11 is 0. The summed E-state index contributed by atoms with van der Waals surface area (Å²) in [5, 5.41) is 0. The van der Waals surface area contributed by atoms with Crippen LogP contribution in [0.25, 0.3) is 0 Å². The molecule has 0 radical (unpaired) electrons. The number of Topliss-reactive ketones (excluding diaryl/α,β-unsaturated/α-hetero) is 1. The molecule has 1 aliphatic carbocycles. The number of fused-ring (bicyclic) bond motifs is 1. The molecule has 1 aromatic carbocycles. The van der Waals surface area contributed by atoms with Crippen LogP contribution in [-0.4, -0.2) is 5.78 Å². The SMILES string of the molecule is C[C@H]1CCC(=O)c2cccc(F)c21. The molecule has 13 heavy (non-hydrogen) atoms. The number of carbonyl (C=O) groups is 1. The van der Waals surface area contributed by atoms with Crippen LogP contribution in [0.3, 0.4) is 0 Å². The highest BCUT2D eigenvalue weighted by Crippen LogP contribution is 2.32. The predicted molar refractivity (Wildman–Crippen MR) is 48.4 cm³/mol. The maximum Gasteiger partial charge on any atom is 0.163 e. The standard InChI is InChI=1S/C11H11FO/c1-7-5-6-10(13)8-3-2-4-9(12)11(7)8/h2-4,7H,5-6H2,1H3/t7-/m0/s1. The molecule has 0 unspecified atom stereocenters. The van der Waals surface area contributed by atoms with Gasteiger partial charge in [0.1, 0.15) is 5.82 Å². The lowest BCUT2D eigenvalue weighted by Crippen LogP contribution is -2.15. The molecule has 2 heteroatoms. The van der Waals surface area contributed by atoms with E-state index in [-0.39, 0.29) is 17.5 Å². The average Bonchev–Trinajstić information content (AvgIpc) is 2.12. The molecule has 1 aromatic rings. The van der Waals surface area contributed by atoms with E-state index in [1.807, 2.05) is 6.92 Å². The van der Waals surface area contributed by atoms with E-state index in [0.29, 0.717) is 17.5 Å². The monoisotopic (exact) mass is 178 g/mol. The van der Waals surface area contributed by atoms with Gasteiger partial charge in [0.25, 0.3) is 0 Å². The van der Waals surface area contributed by atoms with Crippen LogP contribution in [0.1, 0.15) is 41.6 Å². The van der Waals surface area contributed by atoms with Gasteiger partial charge in [-0.2, -0.15) is 0 Å². The Kier molecular flexibility index (Phi) is 1.91. The average molecular weight is 178 g/mol. The van der Waals surface area contributed by atoms with Crippen molar-refractivity contribution in [2.75, 3.05) is 0 Å². The summed E-state index contributed by atoms with van der Waals surface area (Å²) in [7, 11) is 0. The zero-order valence-electron chi connectivity index (χ0n) is 7.51. The topological polar surface area (TPSA) is 17.1 Å². The van der Waals surface area contributed by atoms with Gasteiger partial charge >= 0.3 is 0 Å². The van der Waals surface area contributed by atoms with Crippen molar-refractivity contribution >= 4 is 5.78 Å². The molecule has 1 aliphatic rings. The van der Waals surface area contributed by atoms with Crippen LogP contribution in [0, 0.1) is 5.82 Å². The molecule has 0 aromatic heterocycles. The van der Waals surface area contributed by atoms with E-state index in [0.717, 1.165) is 6.42 Å². The fourth-order valence-corrected chi connectivity index (χ4v) is 1.91. The summed E-state index contributed by atoms with van der Waals surface area (Å²) in [6, 6.07) is 4.74. The molecule has 0 fully saturated rings. The number of ketones is 1. The van der Waals surface area contributed by atoms with E-state index < -0.39 is 0 Å². The lowest BCUT2D eigenvalue weighted by Gasteiger charge is -2.21. The lowest BCUT2D eigenvalue weighted by atomic mass is 9.83. The van der Waals surface area contributed by atoms with Crippen molar-refractivity contribution in [2.45, 2.75) is 25.7 Å². The maximum absolute atomic E-state index is 13.3. The third-order valence-corrected chi connectivity index (χ3v) is 2.65. The highest BCUT2D eigenvalue weighted by atomic mass is 19.1. The summed E-state index contributed by atoms with van der Waals surface area (Å²) in [6.07, 6.45) is 1.32. The quantitative estimate of drug-likeness (QED) is 0.597. The summed E-state index contributed by atoms with van der Waals surface area (Å²) in [4.78, 5) is 11.4. The number of benzene rings is 1.